The minimum absolute atomic E-state index is 0. The van der Waals surface area contributed by atoms with Crippen LogP contribution in [0, 0.1) is 5.92 Å². The van der Waals surface area contributed by atoms with Gasteiger partial charge in [0, 0.05) is 39.4 Å². The standard InChI is InChI=1S/C19H31N3O3.HI/c1-4-20-19(22(2)11-12-25-14-15-5-6-15)21-10-9-16-7-8-17(24-3)13-18(16)23;/h7-8,13,15,23H,4-6,9-12,14H2,1-3H3,(H,20,21);1H. The highest BCUT2D eigenvalue weighted by Crippen LogP contribution is 2.28. The lowest BCUT2D eigenvalue weighted by atomic mass is 10.1. The lowest BCUT2D eigenvalue weighted by Crippen LogP contribution is -2.40. The third-order valence-electron chi connectivity index (χ3n) is 4.25. The maximum atomic E-state index is 10.0. The van der Waals surface area contributed by atoms with Crippen LogP contribution in [0.4, 0.5) is 0 Å². The molecular weight excluding hydrogens is 445 g/mol. The predicted octanol–water partition coefficient (Wildman–Crippen LogP) is 2.89. The fourth-order valence-electron chi connectivity index (χ4n) is 2.48. The number of likely N-dealkylation sites (N-methyl/N-ethyl adjacent to an activating group) is 1. The van der Waals surface area contributed by atoms with Crippen molar-refractivity contribution in [3.63, 3.8) is 0 Å². The van der Waals surface area contributed by atoms with Crippen molar-refractivity contribution in [1.82, 2.24) is 10.2 Å². The zero-order valence-electron chi connectivity index (χ0n) is 16.0. The molecule has 1 saturated carbocycles. The number of aliphatic imine (C=N–C) groups is 1. The molecule has 0 bridgehead atoms. The van der Waals surface area contributed by atoms with E-state index in [0.29, 0.717) is 18.7 Å². The van der Waals surface area contributed by atoms with Crippen molar-refractivity contribution in [3.05, 3.63) is 23.8 Å². The van der Waals surface area contributed by atoms with Crippen molar-refractivity contribution in [2.75, 3.05) is 47.0 Å². The lowest BCUT2D eigenvalue weighted by molar-refractivity contribution is 0.115. The van der Waals surface area contributed by atoms with Gasteiger partial charge in [0.2, 0.25) is 0 Å². The summed E-state index contributed by atoms with van der Waals surface area (Å²) in [5.41, 5.74) is 0.871. The number of hydrogen-bond acceptors (Lipinski definition) is 4. The molecule has 2 rings (SSSR count). The molecule has 0 saturated heterocycles. The van der Waals surface area contributed by atoms with E-state index in [9.17, 15) is 5.11 Å². The van der Waals surface area contributed by atoms with E-state index < -0.39 is 0 Å². The second kappa shape index (κ2) is 12.2. The number of phenolic OH excluding ortho intramolecular Hbond substituents is 1. The molecule has 0 heterocycles. The maximum Gasteiger partial charge on any atom is 0.193 e. The van der Waals surface area contributed by atoms with Gasteiger partial charge >= 0.3 is 0 Å². The second-order valence-electron chi connectivity index (χ2n) is 6.42. The molecular formula is C19H32IN3O3. The molecule has 148 valence electrons. The number of aromatic hydroxyl groups is 1. The van der Waals surface area contributed by atoms with Crippen molar-refractivity contribution < 1.29 is 14.6 Å². The Balaban J connectivity index is 0.00000338. The van der Waals surface area contributed by atoms with Crippen LogP contribution in [-0.2, 0) is 11.2 Å². The van der Waals surface area contributed by atoms with Gasteiger partial charge in [-0.05, 0) is 43.7 Å². The van der Waals surface area contributed by atoms with Crippen LogP contribution in [0.15, 0.2) is 23.2 Å². The first kappa shape index (κ1) is 22.8. The molecule has 26 heavy (non-hydrogen) atoms. The summed E-state index contributed by atoms with van der Waals surface area (Å²) in [6.07, 6.45) is 3.31. The molecule has 1 aromatic carbocycles. The third kappa shape index (κ3) is 7.99. The van der Waals surface area contributed by atoms with Crippen molar-refractivity contribution in [2.24, 2.45) is 10.9 Å². The first-order valence-electron chi connectivity index (χ1n) is 9.07. The second-order valence-corrected chi connectivity index (χ2v) is 6.42. The monoisotopic (exact) mass is 477 g/mol. The van der Waals surface area contributed by atoms with Crippen LogP contribution in [-0.4, -0.2) is 63.0 Å². The van der Waals surface area contributed by atoms with Crippen molar-refractivity contribution >= 4 is 29.9 Å². The number of nitrogens with one attached hydrogen (secondary N) is 1. The molecule has 6 nitrogen and oxygen atoms in total. The van der Waals surface area contributed by atoms with Crippen LogP contribution in [0.1, 0.15) is 25.3 Å². The smallest absolute Gasteiger partial charge is 0.193 e. The molecule has 0 amide bonds. The molecule has 0 spiro atoms. The summed E-state index contributed by atoms with van der Waals surface area (Å²) in [6.45, 7) is 5.90. The van der Waals surface area contributed by atoms with Crippen LogP contribution in [0.3, 0.4) is 0 Å². The van der Waals surface area contributed by atoms with Crippen molar-refractivity contribution in [1.29, 1.82) is 0 Å². The summed E-state index contributed by atoms with van der Waals surface area (Å²) in [7, 11) is 3.61. The number of halogens is 1. The molecule has 0 atom stereocenters. The summed E-state index contributed by atoms with van der Waals surface area (Å²) < 4.78 is 10.8. The quantitative estimate of drug-likeness (QED) is 0.235. The minimum atomic E-state index is 0. The van der Waals surface area contributed by atoms with E-state index in [4.69, 9.17) is 9.47 Å². The van der Waals surface area contributed by atoms with E-state index in [2.05, 4.69) is 22.1 Å². The highest BCUT2D eigenvalue weighted by atomic mass is 127. The molecule has 0 aromatic heterocycles. The number of phenols is 1. The zero-order chi connectivity index (χ0) is 18.1. The topological polar surface area (TPSA) is 66.3 Å². The fourth-order valence-corrected chi connectivity index (χ4v) is 2.48. The van der Waals surface area contributed by atoms with Gasteiger partial charge in [-0.2, -0.15) is 0 Å². The first-order chi connectivity index (χ1) is 12.1. The number of guanidine groups is 1. The number of hydrogen-bond donors (Lipinski definition) is 2. The Morgan fingerprint density at radius 2 is 2.15 bits per heavy atom. The van der Waals surface area contributed by atoms with Crippen LogP contribution < -0.4 is 10.1 Å². The van der Waals surface area contributed by atoms with E-state index in [1.54, 1.807) is 13.2 Å². The van der Waals surface area contributed by atoms with Crippen LogP contribution >= 0.6 is 24.0 Å². The number of rotatable bonds is 10. The Morgan fingerprint density at radius 1 is 1.38 bits per heavy atom. The van der Waals surface area contributed by atoms with Gasteiger partial charge < -0.3 is 24.8 Å². The molecule has 1 aliphatic rings. The van der Waals surface area contributed by atoms with Gasteiger partial charge in [0.15, 0.2) is 5.96 Å². The number of benzene rings is 1. The van der Waals surface area contributed by atoms with Gasteiger partial charge in [0.25, 0.3) is 0 Å². The average molecular weight is 477 g/mol. The first-order valence-corrected chi connectivity index (χ1v) is 9.07. The molecule has 0 radical (unpaired) electrons. The highest BCUT2D eigenvalue weighted by molar-refractivity contribution is 14.0. The van der Waals surface area contributed by atoms with E-state index in [1.807, 2.05) is 19.2 Å². The van der Waals surface area contributed by atoms with Gasteiger partial charge in [0.1, 0.15) is 11.5 Å². The predicted molar refractivity (Wildman–Crippen MR) is 116 cm³/mol. The molecule has 7 heteroatoms. The lowest BCUT2D eigenvalue weighted by Gasteiger charge is -2.22. The van der Waals surface area contributed by atoms with E-state index >= 15 is 0 Å². The summed E-state index contributed by atoms with van der Waals surface area (Å²) in [4.78, 5) is 6.74. The largest absolute Gasteiger partial charge is 0.508 e. The van der Waals surface area contributed by atoms with Crippen LogP contribution in [0.5, 0.6) is 11.5 Å². The maximum absolute atomic E-state index is 10.0. The van der Waals surface area contributed by atoms with E-state index in [-0.39, 0.29) is 29.7 Å². The molecule has 1 fully saturated rings. The van der Waals surface area contributed by atoms with E-state index in [0.717, 1.165) is 43.7 Å². The van der Waals surface area contributed by atoms with Gasteiger partial charge in [-0.3, -0.25) is 4.99 Å². The number of methoxy groups -OCH3 is 1. The van der Waals surface area contributed by atoms with Crippen LogP contribution in [0.25, 0.3) is 0 Å². The summed E-state index contributed by atoms with van der Waals surface area (Å²) in [5, 5.41) is 13.3. The summed E-state index contributed by atoms with van der Waals surface area (Å²) >= 11 is 0. The fraction of sp³-hybridized carbons (Fsp3) is 0.632. The number of ether oxygens (including phenoxy) is 2. The minimum Gasteiger partial charge on any atom is -0.508 e. The van der Waals surface area contributed by atoms with Gasteiger partial charge in [-0.15, -0.1) is 24.0 Å². The molecule has 0 unspecified atom stereocenters. The molecule has 1 aliphatic carbocycles. The highest BCUT2D eigenvalue weighted by Gasteiger charge is 2.21. The Kier molecular flexibility index (Phi) is 10.7. The SMILES string of the molecule is CCNC(=NCCc1ccc(OC)cc1O)N(C)CCOCC1CC1.I. The Hall–Kier alpha value is -1.22. The molecule has 1 aromatic rings. The molecule has 2 N–H and O–H groups in total. The summed E-state index contributed by atoms with van der Waals surface area (Å²) in [6, 6.07) is 5.37. The van der Waals surface area contributed by atoms with Crippen LogP contribution in [0.2, 0.25) is 0 Å². The summed E-state index contributed by atoms with van der Waals surface area (Å²) in [5.74, 6) is 2.57. The Bertz CT molecular complexity index is 565. The average Bonchev–Trinajstić information content (AvgIpc) is 3.43. The van der Waals surface area contributed by atoms with Gasteiger partial charge in [-0.25, -0.2) is 0 Å². The molecule has 0 aliphatic heterocycles. The third-order valence-corrected chi connectivity index (χ3v) is 4.25. The van der Waals surface area contributed by atoms with Gasteiger partial charge in [0.05, 0.1) is 13.7 Å². The van der Waals surface area contributed by atoms with E-state index in [1.165, 1.54) is 12.8 Å². The van der Waals surface area contributed by atoms with Crippen molar-refractivity contribution in [2.45, 2.75) is 26.2 Å². The Morgan fingerprint density at radius 3 is 2.77 bits per heavy atom. The van der Waals surface area contributed by atoms with Gasteiger partial charge in [-0.1, -0.05) is 6.07 Å². The normalized spacial score (nSPS) is 13.9. The zero-order valence-corrected chi connectivity index (χ0v) is 18.4. The van der Waals surface area contributed by atoms with Crippen molar-refractivity contribution in [3.8, 4) is 11.5 Å². The number of nitrogens with zero attached hydrogens (tertiary/aromatic N) is 2. The Labute approximate surface area is 174 Å².